The zero-order valence-electron chi connectivity index (χ0n) is 12.8. The SMILES string of the molecule is O=C(CNC(=O)Nc1cccc(Cl)c1)N/N=C\Cc1ccccc1. The standard InChI is InChI=1S/C17H17ClN4O2/c18-14-7-4-8-15(11-14)21-17(24)19-12-16(23)22-20-10-9-13-5-2-1-3-6-13/h1-8,10-11H,9,12H2,(H,22,23)(H2,19,21,24)/b20-10-. The lowest BCUT2D eigenvalue weighted by Gasteiger charge is -2.07. The van der Waals surface area contributed by atoms with Gasteiger partial charge in [0.2, 0.25) is 0 Å². The number of anilines is 1. The van der Waals surface area contributed by atoms with Gasteiger partial charge in [-0.25, -0.2) is 10.2 Å². The highest BCUT2D eigenvalue weighted by molar-refractivity contribution is 6.30. The molecule has 3 amide bonds. The number of benzene rings is 2. The monoisotopic (exact) mass is 344 g/mol. The van der Waals surface area contributed by atoms with E-state index in [1.165, 1.54) is 0 Å². The van der Waals surface area contributed by atoms with Gasteiger partial charge in [0.25, 0.3) is 5.91 Å². The third-order valence-electron chi connectivity index (χ3n) is 2.94. The topological polar surface area (TPSA) is 82.6 Å². The number of hydrogen-bond acceptors (Lipinski definition) is 3. The molecule has 0 atom stereocenters. The molecular weight excluding hydrogens is 328 g/mol. The molecule has 0 spiro atoms. The maximum atomic E-state index is 11.7. The highest BCUT2D eigenvalue weighted by Gasteiger charge is 2.05. The van der Waals surface area contributed by atoms with E-state index >= 15 is 0 Å². The Labute approximate surface area is 144 Å². The summed E-state index contributed by atoms with van der Waals surface area (Å²) in [5.74, 6) is -0.416. The zero-order valence-corrected chi connectivity index (χ0v) is 13.6. The van der Waals surface area contributed by atoms with Gasteiger partial charge in [-0.15, -0.1) is 0 Å². The van der Waals surface area contributed by atoms with Crippen LogP contribution in [-0.2, 0) is 11.2 Å². The minimum Gasteiger partial charge on any atom is -0.329 e. The van der Waals surface area contributed by atoms with Crippen molar-refractivity contribution in [3.05, 3.63) is 65.2 Å². The first-order valence-corrected chi connectivity index (χ1v) is 7.66. The third-order valence-corrected chi connectivity index (χ3v) is 3.18. The Morgan fingerprint density at radius 2 is 1.88 bits per heavy atom. The first-order valence-electron chi connectivity index (χ1n) is 7.28. The summed E-state index contributed by atoms with van der Waals surface area (Å²) in [6, 6.07) is 16.0. The van der Waals surface area contributed by atoms with Crippen LogP contribution in [0.25, 0.3) is 0 Å². The van der Waals surface area contributed by atoms with Crippen molar-refractivity contribution in [2.45, 2.75) is 6.42 Å². The second kappa shape index (κ2) is 9.32. The Morgan fingerprint density at radius 3 is 2.62 bits per heavy atom. The van der Waals surface area contributed by atoms with Crippen molar-refractivity contribution in [3.63, 3.8) is 0 Å². The summed E-state index contributed by atoms with van der Waals surface area (Å²) in [6.45, 7) is -0.185. The number of carbonyl (C=O) groups is 2. The molecule has 0 saturated heterocycles. The molecule has 2 rings (SSSR count). The lowest BCUT2D eigenvalue weighted by atomic mass is 10.2. The van der Waals surface area contributed by atoms with Crippen molar-refractivity contribution >= 4 is 35.4 Å². The summed E-state index contributed by atoms with van der Waals surface area (Å²) in [6.07, 6.45) is 2.21. The molecule has 0 saturated carbocycles. The lowest BCUT2D eigenvalue weighted by molar-refractivity contribution is -0.120. The molecule has 0 bridgehead atoms. The van der Waals surface area contributed by atoms with Gasteiger partial charge in [-0.3, -0.25) is 4.79 Å². The summed E-state index contributed by atoms with van der Waals surface area (Å²) in [5.41, 5.74) is 3.98. The van der Waals surface area contributed by atoms with Gasteiger partial charge in [0.1, 0.15) is 6.54 Å². The van der Waals surface area contributed by atoms with E-state index in [0.29, 0.717) is 17.1 Å². The van der Waals surface area contributed by atoms with Crippen molar-refractivity contribution in [2.24, 2.45) is 5.10 Å². The largest absolute Gasteiger partial charge is 0.329 e. The molecule has 7 heteroatoms. The molecule has 0 aromatic heterocycles. The molecule has 0 unspecified atom stereocenters. The lowest BCUT2D eigenvalue weighted by Crippen LogP contribution is -2.37. The molecule has 0 radical (unpaired) electrons. The van der Waals surface area contributed by atoms with Gasteiger partial charge in [-0.05, 0) is 23.8 Å². The summed E-state index contributed by atoms with van der Waals surface area (Å²) in [4.78, 5) is 23.2. The van der Waals surface area contributed by atoms with Gasteiger partial charge < -0.3 is 10.6 Å². The number of rotatable bonds is 6. The Hall–Kier alpha value is -2.86. The number of nitrogens with zero attached hydrogens (tertiary/aromatic N) is 1. The maximum Gasteiger partial charge on any atom is 0.319 e. The van der Waals surface area contributed by atoms with Crippen LogP contribution in [0.2, 0.25) is 5.02 Å². The van der Waals surface area contributed by atoms with Crippen LogP contribution >= 0.6 is 11.6 Å². The Morgan fingerprint density at radius 1 is 1.08 bits per heavy atom. The Balaban J connectivity index is 1.66. The molecule has 6 nitrogen and oxygen atoms in total. The Kier molecular flexibility index (Phi) is 6.79. The first-order chi connectivity index (χ1) is 11.6. The molecule has 0 fully saturated rings. The summed E-state index contributed by atoms with van der Waals surface area (Å²) in [5, 5.41) is 9.34. The predicted molar refractivity (Wildman–Crippen MR) is 95.3 cm³/mol. The molecule has 0 aliphatic rings. The van der Waals surface area contributed by atoms with Gasteiger partial charge in [-0.2, -0.15) is 5.10 Å². The van der Waals surface area contributed by atoms with E-state index < -0.39 is 11.9 Å². The van der Waals surface area contributed by atoms with Crippen LogP contribution in [0, 0.1) is 0 Å². The van der Waals surface area contributed by atoms with E-state index in [1.807, 2.05) is 30.3 Å². The first kappa shape index (κ1) is 17.5. The molecule has 2 aromatic rings. The molecule has 24 heavy (non-hydrogen) atoms. The number of urea groups is 1. The molecule has 0 aliphatic carbocycles. The van der Waals surface area contributed by atoms with Crippen LogP contribution in [0.1, 0.15) is 5.56 Å². The van der Waals surface area contributed by atoms with Crippen LogP contribution in [0.3, 0.4) is 0 Å². The van der Waals surface area contributed by atoms with E-state index in [9.17, 15) is 9.59 Å². The van der Waals surface area contributed by atoms with E-state index in [-0.39, 0.29) is 6.54 Å². The second-order valence-electron chi connectivity index (χ2n) is 4.85. The van der Waals surface area contributed by atoms with Crippen molar-refractivity contribution in [1.82, 2.24) is 10.7 Å². The van der Waals surface area contributed by atoms with Crippen molar-refractivity contribution in [2.75, 3.05) is 11.9 Å². The number of halogens is 1. The zero-order chi connectivity index (χ0) is 17.2. The summed E-state index contributed by atoms with van der Waals surface area (Å²) < 4.78 is 0. The molecule has 0 heterocycles. The van der Waals surface area contributed by atoms with Gasteiger partial charge >= 0.3 is 6.03 Å². The highest BCUT2D eigenvalue weighted by Crippen LogP contribution is 2.14. The Bertz CT molecular complexity index is 720. The maximum absolute atomic E-state index is 11.7. The molecule has 0 aliphatic heterocycles. The van der Waals surface area contributed by atoms with Gasteiger partial charge in [0.05, 0.1) is 0 Å². The minimum atomic E-state index is -0.499. The number of hydrazone groups is 1. The highest BCUT2D eigenvalue weighted by atomic mass is 35.5. The van der Waals surface area contributed by atoms with E-state index in [1.54, 1.807) is 30.5 Å². The smallest absolute Gasteiger partial charge is 0.319 e. The van der Waals surface area contributed by atoms with Crippen molar-refractivity contribution in [1.29, 1.82) is 0 Å². The average molecular weight is 345 g/mol. The van der Waals surface area contributed by atoms with Gasteiger partial charge in [-0.1, -0.05) is 48.0 Å². The normalized spacial score (nSPS) is 10.4. The van der Waals surface area contributed by atoms with Gasteiger partial charge in [0.15, 0.2) is 0 Å². The number of carbonyl (C=O) groups excluding carboxylic acids is 2. The van der Waals surface area contributed by atoms with Crippen LogP contribution in [-0.4, -0.2) is 24.7 Å². The van der Waals surface area contributed by atoms with Crippen LogP contribution < -0.4 is 16.1 Å². The van der Waals surface area contributed by atoms with E-state index in [0.717, 1.165) is 5.56 Å². The molecule has 3 N–H and O–H groups in total. The molecule has 2 aromatic carbocycles. The van der Waals surface area contributed by atoms with E-state index in [2.05, 4.69) is 21.2 Å². The molecule has 124 valence electrons. The number of hydrogen-bond donors (Lipinski definition) is 3. The fourth-order valence-electron chi connectivity index (χ4n) is 1.82. The quantitative estimate of drug-likeness (QED) is 0.556. The van der Waals surface area contributed by atoms with Crippen LogP contribution in [0.15, 0.2) is 59.7 Å². The number of amides is 3. The predicted octanol–water partition coefficient (Wildman–Crippen LogP) is 2.81. The second-order valence-corrected chi connectivity index (χ2v) is 5.29. The van der Waals surface area contributed by atoms with Crippen LogP contribution in [0.5, 0.6) is 0 Å². The molecular formula is C17H17ClN4O2. The van der Waals surface area contributed by atoms with Crippen molar-refractivity contribution < 1.29 is 9.59 Å². The fourth-order valence-corrected chi connectivity index (χ4v) is 2.01. The van der Waals surface area contributed by atoms with Crippen molar-refractivity contribution in [3.8, 4) is 0 Å². The fraction of sp³-hybridized carbons (Fsp3) is 0.118. The minimum absolute atomic E-state index is 0.185. The summed E-state index contributed by atoms with van der Waals surface area (Å²) in [7, 11) is 0. The van der Waals surface area contributed by atoms with Gasteiger partial charge in [0, 0.05) is 23.3 Å². The summed E-state index contributed by atoms with van der Waals surface area (Å²) >= 11 is 5.82. The average Bonchev–Trinajstić information content (AvgIpc) is 2.58. The van der Waals surface area contributed by atoms with Crippen LogP contribution in [0.4, 0.5) is 10.5 Å². The van der Waals surface area contributed by atoms with E-state index in [4.69, 9.17) is 11.6 Å². The third kappa shape index (κ3) is 6.50. The number of nitrogens with one attached hydrogen (secondary N) is 3.